The molecule has 0 atom stereocenters. The molecule has 1 heterocycles. The second-order valence-electron chi connectivity index (χ2n) is 4.40. The van der Waals surface area contributed by atoms with Crippen LogP contribution in [-0.2, 0) is 0 Å². The summed E-state index contributed by atoms with van der Waals surface area (Å²) in [7, 11) is 0. The van der Waals surface area contributed by atoms with Crippen molar-refractivity contribution in [3.8, 4) is 11.3 Å². The third-order valence-corrected chi connectivity index (χ3v) is 2.82. The minimum Gasteiger partial charge on any atom is -0.464 e. The van der Waals surface area contributed by atoms with Crippen LogP contribution in [-0.4, -0.2) is 18.4 Å². The quantitative estimate of drug-likeness (QED) is 0.874. The summed E-state index contributed by atoms with van der Waals surface area (Å²) in [5.74, 6) is -0.233. The lowest BCUT2D eigenvalue weighted by atomic mass is 10.0. The summed E-state index contributed by atoms with van der Waals surface area (Å²) in [6.45, 7) is 2.55. The molecule has 0 saturated carbocycles. The molecule has 0 fully saturated rings. The highest BCUT2D eigenvalue weighted by Crippen LogP contribution is 2.23. The van der Waals surface area contributed by atoms with Gasteiger partial charge in [0, 0.05) is 23.2 Å². The van der Waals surface area contributed by atoms with Crippen LogP contribution in [0.5, 0.6) is 0 Å². The molecule has 104 valence electrons. The first-order valence-corrected chi connectivity index (χ1v) is 6.38. The van der Waals surface area contributed by atoms with E-state index in [2.05, 4.69) is 5.32 Å². The summed E-state index contributed by atoms with van der Waals surface area (Å²) in [6, 6.07) is 8.27. The first kappa shape index (κ1) is 13.9. The summed E-state index contributed by atoms with van der Waals surface area (Å²) in [5, 5.41) is 2.77. The molecule has 0 aliphatic heterocycles. The Morgan fingerprint density at radius 3 is 2.60 bits per heavy atom. The molecule has 1 aromatic carbocycles. The van der Waals surface area contributed by atoms with Crippen LogP contribution in [0.25, 0.3) is 11.3 Å². The van der Waals surface area contributed by atoms with Crippen LogP contribution in [0.15, 0.2) is 41.0 Å². The second-order valence-corrected chi connectivity index (χ2v) is 4.40. The number of benzene rings is 1. The van der Waals surface area contributed by atoms with Gasteiger partial charge < -0.3 is 15.5 Å². The van der Waals surface area contributed by atoms with Crippen LogP contribution in [0, 0.1) is 0 Å². The zero-order valence-corrected chi connectivity index (χ0v) is 11.2. The molecule has 20 heavy (non-hydrogen) atoms. The molecule has 2 aromatic rings. The lowest BCUT2D eigenvalue weighted by molar-refractivity contribution is 0.0953. The zero-order valence-electron chi connectivity index (χ0n) is 11.2. The van der Waals surface area contributed by atoms with E-state index in [9.17, 15) is 9.59 Å². The summed E-state index contributed by atoms with van der Waals surface area (Å²) in [5.41, 5.74) is 6.62. The first-order chi connectivity index (χ1) is 9.61. The average molecular weight is 272 g/mol. The minimum absolute atomic E-state index is 0.234. The predicted octanol–water partition coefficient (Wildman–Crippen LogP) is 2.19. The first-order valence-electron chi connectivity index (χ1n) is 6.38. The van der Waals surface area contributed by atoms with E-state index in [0.29, 0.717) is 23.4 Å². The van der Waals surface area contributed by atoms with Crippen LogP contribution in [0.3, 0.4) is 0 Å². The normalized spacial score (nSPS) is 10.2. The lowest BCUT2D eigenvalue weighted by Gasteiger charge is -2.07. The maximum atomic E-state index is 12.0. The molecule has 0 saturated heterocycles. The van der Waals surface area contributed by atoms with E-state index in [1.165, 1.54) is 12.3 Å². The standard InChI is InChI=1S/C15H16N2O3/c1-2-5-17-15(19)12-8-10(13-4-3-6-20-13)7-11(9-12)14(16)18/h3-4,6-9H,2,5H2,1H3,(H2,16,18)(H,17,19). The van der Waals surface area contributed by atoms with Gasteiger partial charge in [0.15, 0.2) is 0 Å². The molecule has 0 bridgehead atoms. The van der Waals surface area contributed by atoms with Gasteiger partial charge in [0.25, 0.3) is 5.91 Å². The second kappa shape index (κ2) is 6.06. The number of hydrogen-bond acceptors (Lipinski definition) is 3. The molecular formula is C15H16N2O3. The van der Waals surface area contributed by atoms with E-state index in [4.69, 9.17) is 10.2 Å². The molecule has 0 aliphatic rings. The SMILES string of the molecule is CCCNC(=O)c1cc(C(N)=O)cc(-c2ccco2)c1. The van der Waals surface area contributed by atoms with Gasteiger partial charge in [-0.25, -0.2) is 0 Å². The Morgan fingerprint density at radius 2 is 2.00 bits per heavy atom. The molecule has 2 rings (SSSR count). The van der Waals surface area contributed by atoms with Crippen molar-refractivity contribution in [1.82, 2.24) is 5.32 Å². The summed E-state index contributed by atoms with van der Waals surface area (Å²) in [6.07, 6.45) is 2.37. The molecule has 0 radical (unpaired) electrons. The molecule has 5 nitrogen and oxygen atoms in total. The van der Waals surface area contributed by atoms with Gasteiger partial charge in [-0.3, -0.25) is 9.59 Å². The minimum atomic E-state index is -0.581. The highest BCUT2D eigenvalue weighted by atomic mass is 16.3. The number of rotatable bonds is 5. The van der Waals surface area contributed by atoms with E-state index >= 15 is 0 Å². The van der Waals surface area contributed by atoms with E-state index in [1.807, 2.05) is 6.92 Å². The summed E-state index contributed by atoms with van der Waals surface area (Å²) in [4.78, 5) is 23.4. The Labute approximate surface area is 116 Å². The fourth-order valence-electron chi connectivity index (χ4n) is 1.83. The van der Waals surface area contributed by atoms with E-state index in [-0.39, 0.29) is 11.5 Å². The van der Waals surface area contributed by atoms with Crippen molar-refractivity contribution in [2.45, 2.75) is 13.3 Å². The highest BCUT2D eigenvalue weighted by molar-refractivity contribution is 6.00. The van der Waals surface area contributed by atoms with Gasteiger partial charge in [0.05, 0.1) is 6.26 Å². The van der Waals surface area contributed by atoms with Crippen LogP contribution in [0.4, 0.5) is 0 Å². The molecule has 0 aliphatic carbocycles. The fourth-order valence-corrected chi connectivity index (χ4v) is 1.83. The zero-order chi connectivity index (χ0) is 14.5. The smallest absolute Gasteiger partial charge is 0.251 e. The van der Waals surface area contributed by atoms with E-state index in [0.717, 1.165) is 6.42 Å². The number of amides is 2. The Morgan fingerprint density at radius 1 is 1.25 bits per heavy atom. The molecule has 1 aromatic heterocycles. The Bertz CT molecular complexity index is 618. The van der Waals surface area contributed by atoms with Crippen molar-refractivity contribution in [2.24, 2.45) is 5.73 Å². The number of hydrogen-bond donors (Lipinski definition) is 2. The van der Waals surface area contributed by atoms with Gasteiger partial charge in [-0.15, -0.1) is 0 Å². The van der Waals surface area contributed by atoms with Crippen molar-refractivity contribution >= 4 is 11.8 Å². The van der Waals surface area contributed by atoms with Gasteiger partial charge >= 0.3 is 0 Å². The lowest BCUT2D eigenvalue weighted by Crippen LogP contribution is -2.24. The number of furan rings is 1. The third-order valence-electron chi connectivity index (χ3n) is 2.82. The van der Waals surface area contributed by atoms with E-state index < -0.39 is 5.91 Å². The van der Waals surface area contributed by atoms with Crippen molar-refractivity contribution in [3.63, 3.8) is 0 Å². The van der Waals surface area contributed by atoms with Crippen molar-refractivity contribution < 1.29 is 14.0 Å². The number of nitrogens with two attached hydrogens (primary N) is 1. The highest BCUT2D eigenvalue weighted by Gasteiger charge is 2.13. The van der Waals surface area contributed by atoms with Crippen molar-refractivity contribution in [2.75, 3.05) is 6.54 Å². The van der Waals surface area contributed by atoms with Gasteiger partial charge in [0.2, 0.25) is 5.91 Å². The molecule has 2 amide bonds. The van der Waals surface area contributed by atoms with E-state index in [1.54, 1.807) is 24.3 Å². The Kier molecular flexibility index (Phi) is 4.20. The topological polar surface area (TPSA) is 85.3 Å². The Balaban J connectivity index is 2.41. The molecule has 0 unspecified atom stereocenters. The largest absolute Gasteiger partial charge is 0.464 e. The average Bonchev–Trinajstić information content (AvgIpc) is 2.98. The number of carbonyl (C=O) groups is 2. The molecule has 3 N–H and O–H groups in total. The monoisotopic (exact) mass is 272 g/mol. The summed E-state index contributed by atoms with van der Waals surface area (Å²) >= 11 is 0. The van der Waals surface area contributed by atoms with Gasteiger partial charge in [-0.05, 0) is 36.8 Å². The predicted molar refractivity (Wildman–Crippen MR) is 75.3 cm³/mol. The molecule has 5 heteroatoms. The van der Waals surface area contributed by atoms with Crippen molar-refractivity contribution in [3.05, 3.63) is 47.7 Å². The van der Waals surface area contributed by atoms with Crippen LogP contribution < -0.4 is 11.1 Å². The van der Waals surface area contributed by atoms with Crippen LogP contribution in [0.1, 0.15) is 34.1 Å². The molecular weight excluding hydrogens is 256 g/mol. The van der Waals surface area contributed by atoms with Crippen LogP contribution in [0.2, 0.25) is 0 Å². The van der Waals surface area contributed by atoms with Gasteiger partial charge in [-0.2, -0.15) is 0 Å². The van der Waals surface area contributed by atoms with Gasteiger partial charge in [0.1, 0.15) is 5.76 Å². The van der Waals surface area contributed by atoms with Crippen LogP contribution >= 0.6 is 0 Å². The van der Waals surface area contributed by atoms with Gasteiger partial charge in [-0.1, -0.05) is 6.92 Å². The third kappa shape index (κ3) is 3.06. The Hall–Kier alpha value is -2.56. The maximum absolute atomic E-state index is 12.0. The number of nitrogens with one attached hydrogen (secondary N) is 1. The summed E-state index contributed by atoms with van der Waals surface area (Å²) < 4.78 is 5.29. The fraction of sp³-hybridized carbons (Fsp3) is 0.200. The molecule has 0 spiro atoms. The number of primary amides is 1. The van der Waals surface area contributed by atoms with Crippen molar-refractivity contribution in [1.29, 1.82) is 0 Å². The number of carbonyl (C=O) groups excluding carboxylic acids is 2. The maximum Gasteiger partial charge on any atom is 0.251 e.